The Morgan fingerprint density at radius 2 is 2.05 bits per heavy atom. The predicted octanol–water partition coefficient (Wildman–Crippen LogP) is 2.62. The summed E-state index contributed by atoms with van der Waals surface area (Å²) in [6.45, 7) is 5.40. The van der Waals surface area contributed by atoms with Gasteiger partial charge in [-0.2, -0.15) is 0 Å². The maximum atomic E-state index is 12.6. The van der Waals surface area contributed by atoms with Gasteiger partial charge in [-0.1, -0.05) is 25.4 Å². The molecule has 1 saturated heterocycles. The topological polar surface area (TPSA) is 80.5 Å². The van der Waals surface area contributed by atoms with Gasteiger partial charge >= 0.3 is 0 Å². The van der Waals surface area contributed by atoms with Crippen molar-refractivity contribution in [1.82, 2.24) is 4.90 Å². The first-order chi connectivity index (χ1) is 9.51. The van der Waals surface area contributed by atoms with Crippen molar-refractivity contribution in [3.05, 3.63) is 27.2 Å². The first-order valence-corrected chi connectivity index (χ1v) is 9.04. The second-order valence-electron chi connectivity index (χ2n) is 5.95. The summed E-state index contributed by atoms with van der Waals surface area (Å²) in [4.78, 5) is 14.1. The molecule has 1 aliphatic rings. The van der Waals surface area contributed by atoms with Gasteiger partial charge in [-0.3, -0.25) is 4.79 Å². The normalized spacial score (nSPS) is 18.0. The minimum atomic E-state index is -3.90. The van der Waals surface area contributed by atoms with Gasteiger partial charge in [0.1, 0.15) is 0 Å². The van der Waals surface area contributed by atoms with Crippen molar-refractivity contribution in [3.63, 3.8) is 0 Å². The molecule has 0 atom stereocenters. The highest BCUT2D eigenvalue weighted by Crippen LogP contribution is 2.34. The van der Waals surface area contributed by atoms with Crippen molar-refractivity contribution in [1.29, 1.82) is 0 Å². The van der Waals surface area contributed by atoms with Gasteiger partial charge in [0.15, 0.2) is 0 Å². The summed E-state index contributed by atoms with van der Waals surface area (Å²) >= 11 is 9.30. The van der Waals surface area contributed by atoms with E-state index in [0.29, 0.717) is 17.6 Å². The molecule has 21 heavy (non-hydrogen) atoms. The second kappa shape index (κ2) is 5.53. The van der Waals surface area contributed by atoms with E-state index in [2.05, 4.69) is 29.8 Å². The average Bonchev–Trinajstić information content (AvgIpc) is 2.71. The van der Waals surface area contributed by atoms with E-state index in [1.165, 1.54) is 12.1 Å². The Labute approximate surface area is 137 Å². The Morgan fingerprint density at radius 1 is 1.43 bits per heavy atom. The van der Waals surface area contributed by atoms with Crippen LogP contribution in [-0.2, 0) is 10.0 Å². The summed E-state index contributed by atoms with van der Waals surface area (Å²) in [6.07, 6.45) is 0.895. The van der Waals surface area contributed by atoms with Crippen LogP contribution in [0.25, 0.3) is 0 Å². The number of likely N-dealkylation sites (tertiary alicyclic amines) is 1. The SMILES string of the molecule is CC1(C)CCN(C(=O)c2cc(S(N)(=O)=O)cc(Br)c2Cl)C1. The zero-order valence-corrected chi connectivity index (χ0v) is 14.8. The van der Waals surface area contributed by atoms with Crippen LogP contribution in [0, 0.1) is 5.41 Å². The Balaban J connectivity index is 2.44. The van der Waals surface area contributed by atoms with E-state index in [4.69, 9.17) is 16.7 Å². The number of nitrogens with two attached hydrogens (primary N) is 1. The number of benzene rings is 1. The molecular formula is C13H16BrClN2O3S. The van der Waals surface area contributed by atoms with E-state index < -0.39 is 10.0 Å². The summed E-state index contributed by atoms with van der Waals surface area (Å²) in [7, 11) is -3.90. The fraction of sp³-hybridized carbons (Fsp3) is 0.462. The van der Waals surface area contributed by atoms with Crippen LogP contribution < -0.4 is 5.14 Å². The molecule has 2 rings (SSSR count). The third-order valence-electron chi connectivity index (χ3n) is 3.53. The van der Waals surface area contributed by atoms with Crippen molar-refractivity contribution in [2.24, 2.45) is 10.6 Å². The molecule has 1 aromatic rings. The van der Waals surface area contributed by atoms with Gasteiger partial charge in [-0.15, -0.1) is 0 Å². The molecule has 116 valence electrons. The minimum absolute atomic E-state index is 0.0525. The van der Waals surface area contributed by atoms with Crippen LogP contribution in [0.5, 0.6) is 0 Å². The number of hydrogen-bond donors (Lipinski definition) is 1. The lowest BCUT2D eigenvalue weighted by Crippen LogP contribution is -2.30. The molecule has 0 unspecified atom stereocenters. The number of nitrogens with zero attached hydrogens (tertiary/aromatic N) is 1. The zero-order chi connectivity index (χ0) is 16.0. The maximum absolute atomic E-state index is 12.6. The van der Waals surface area contributed by atoms with Crippen LogP contribution in [0.4, 0.5) is 0 Å². The number of rotatable bonds is 2. The van der Waals surface area contributed by atoms with Crippen LogP contribution in [0.15, 0.2) is 21.5 Å². The Kier molecular flexibility index (Phi) is 4.41. The third kappa shape index (κ3) is 3.59. The van der Waals surface area contributed by atoms with Crippen molar-refractivity contribution in [2.45, 2.75) is 25.2 Å². The van der Waals surface area contributed by atoms with Crippen LogP contribution in [0.1, 0.15) is 30.6 Å². The summed E-state index contributed by atoms with van der Waals surface area (Å²) < 4.78 is 23.3. The number of carbonyl (C=O) groups is 1. The van der Waals surface area contributed by atoms with Crippen molar-refractivity contribution < 1.29 is 13.2 Å². The first-order valence-electron chi connectivity index (χ1n) is 6.32. The van der Waals surface area contributed by atoms with Crippen molar-refractivity contribution in [2.75, 3.05) is 13.1 Å². The van der Waals surface area contributed by atoms with Crippen molar-refractivity contribution in [3.8, 4) is 0 Å². The van der Waals surface area contributed by atoms with E-state index in [9.17, 15) is 13.2 Å². The van der Waals surface area contributed by atoms with Gasteiger partial charge in [0.25, 0.3) is 5.91 Å². The lowest BCUT2D eigenvalue weighted by atomic mass is 9.93. The minimum Gasteiger partial charge on any atom is -0.338 e. The van der Waals surface area contributed by atoms with E-state index >= 15 is 0 Å². The monoisotopic (exact) mass is 394 g/mol. The molecule has 0 aromatic heterocycles. The smallest absolute Gasteiger partial charge is 0.255 e. The molecule has 0 bridgehead atoms. The molecule has 8 heteroatoms. The highest BCUT2D eigenvalue weighted by atomic mass is 79.9. The quantitative estimate of drug-likeness (QED) is 0.836. The summed E-state index contributed by atoms with van der Waals surface area (Å²) in [5, 5.41) is 5.32. The molecule has 1 aromatic carbocycles. The number of hydrogen-bond acceptors (Lipinski definition) is 3. The Hall–Kier alpha value is -0.630. The van der Waals surface area contributed by atoms with Crippen LogP contribution in [0.3, 0.4) is 0 Å². The zero-order valence-electron chi connectivity index (χ0n) is 11.7. The molecule has 2 N–H and O–H groups in total. The molecule has 0 saturated carbocycles. The standard InChI is InChI=1S/C13H16BrClN2O3S/c1-13(2)3-4-17(7-13)12(18)9-5-8(21(16,19)20)6-10(14)11(9)15/h5-6H,3-4,7H2,1-2H3,(H2,16,19,20). The third-order valence-corrected chi connectivity index (χ3v) is 5.68. The number of carbonyl (C=O) groups excluding carboxylic acids is 1. The molecular weight excluding hydrogens is 380 g/mol. The molecule has 1 aliphatic heterocycles. The Bertz CT molecular complexity index is 704. The fourth-order valence-electron chi connectivity index (χ4n) is 2.34. The lowest BCUT2D eigenvalue weighted by molar-refractivity contribution is 0.0778. The highest BCUT2D eigenvalue weighted by Gasteiger charge is 2.33. The Morgan fingerprint density at radius 3 is 2.52 bits per heavy atom. The van der Waals surface area contributed by atoms with Crippen LogP contribution >= 0.6 is 27.5 Å². The number of halogens is 2. The largest absolute Gasteiger partial charge is 0.338 e. The average molecular weight is 396 g/mol. The summed E-state index contributed by atoms with van der Waals surface area (Å²) in [6, 6.07) is 2.53. The van der Waals surface area contributed by atoms with E-state index in [-0.39, 0.29) is 26.8 Å². The van der Waals surface area contributed by atoms with Gasteiger partial charge in [0.05, 0.1) is 15.5 Å². The molecule has 0 spiro atoms. The second-order valence-corrected chi connectivity index (χ2v) is 8.75. The number of primary sulfonamides is 1. The molecule has 1 amide bonds. The number of sulfonamides is 1. The maximum Gasteiger partial charge on any atom is 0.255 e. The molecule has 1 heterocycles. The van der Waals surface area contributed by atoms with Crippen molar-refractivity contribution >= 4 is 43.5 Å². The molecule has 0 radical (unpaired) electrons. The van der Waals surface area contributed by atoms with Crippen LogP contribution in [0.2, 0.25) is 5.02 Å². The summed E-state index contributed by atoms with van der Waals surface area (Å²) in [5.41, 5.74) is 0.199. The highest BCUT2D eigenvalue weighted by molar-refractivity contribution is 9.10. The van der Waals surface area contributed by atoms with Gasteiger partial charge < -0.3 is 4.90 Å². The molecule has 1 fully saturated rings. The lowest BCUT2D eigenvalue weighted by Gasteiger charge is -2.21. The fourth-order valence-corrected chi connectivity index (χ4v) is 3.71. The van der Waals surface area contributed by atoms with Gasteiger partial charge in [-0.05, 0) is 39.9 Å². The molecule has 5 nitrogen and oxygen atoms in total. The van der Waals surface area contributed by atoms with E-state index in [1.807, 2.05) is 0 Å². The van der Waals surface area contributed by atoms with Crippen LogP contribution in [-0.4, -0.2) is 32.3 Å². The first kappa shape index (κ1) is 16.7. The summed E-state index contributed by atoms with van der Waals surface area (Å²) in [5.74, 6) is -0.281. The predicted molar refractivity (Wildman–Crippen MR) is 84.8 cm³/mol. The van der Waals surface area contributed by atoms with E-state index in [1.54, 1.807) is 4.90 Å². The molecule has 0 aliphatic carbocycles. The van der Waals surface area contributed by atoms with E-state index in [0.717, 1.165) is 6.42 Å². The van der Waals surface area contributed by atoms with Gasteiger partial charge in [-0.25, -0.2) is 13.6 Å². The van der Waals surface area contributed by atoms with Gasteiger partial charge in [0, 0.05) is 17.6 Å². The number of amides is 1. The van der Waals surface area contributed by atoms with Gasteiger partial charge in [0.2, 0.25) is 10.0 Å².